The lowest BCUT2D eigenvalue weighted by atomic mass is 9.80. The second kappa shape index (κ2) is 5.14. The molecule has 0 saturated carbocycles. The van der Waals surface area contributed by atoms with E-state index in [1.54, 1.807) is 0 Å². The Balaban J connectivity index is 1.87. The highest BCUT2D eigenvalue weighted by Gasteiger charge is 2.40. The van der Waals surface area contributed by atoms with E-state index in [4.69, 9.17) is 14.6 Å². The summed E-state index contributed by atoms with van der Waals surface area (Å²) in [5.74, 6) is -0.219. The van der Waals surface area contributed by atoms with E-state index in [0.29, 0.717) is 39.1 Å². The Hall–Kier alpha value is -1.30. The van der Waals surface area contributed by atoms with E-state index < -0.39 is 11.5 Å². The van der Waals surface area contributed by atoms with Crippen LogP contribution in [0.3, 0.4) is 0 Å². The number of carbonyl (C=O) groups excluding carboxylic acids is 1. The van der Waals surface area contributed by atoms with Gasteiger partial charge in [-0.2, -0.15) is 0 Å². The maximum absolute atomic E-state index is 12.1. The third-order valence-corrected chi connectivity index (χ3v) is 3.79. The molecule has 1 atom stereocenters. The van der Waals surface area contributed by atoms with Gasteiger partial charge in [0.1, 0.15) is 6.10 Å². The van der Waals surface area contributed by atoms with Gasteiger partial charge in [0.2, 0.25) is 0 Å². The number of nitrogens with zero attached hydrogens (tertiary/aromatic N) is 1. The van der Waals surface area contributed by atoms with Gasteiger partial charge in [-0.3, -0.25) is 4.79 Å². The van der Waals surface area contributed by atoms with E-state index >= 15 is 0 Å². The lowest BCUT2D eigenvalue weighted by Gasteiger charge is -2.36. The molecule has 1 N–H and O–H groups in total. The minimum atomic E-state index is -0.922. The molecule has 102 valence electrons. The summed E-state index contributed by atoms with van der Waals surface area (Å²) in [6, 6.07) is 0. The number of amides is 1. The van der Waals surface area contributed by atoms with Gasteiger partial charge in [-0.25, -0.2) is 4.79 Å². The molecule has 0 unspecified atom stereocenters. The minimum absolute atomic E-state index is 0.133. The topological polar surface area (TPSA) is 76.1 Å². The van der Waals surface area contributed by atoms with Crippen molar-refractivity contribution >= 4 is 12.1 Å². The van der Waals surface area contributed by atoms with Gasteiger partial charge in [0.05, 0.1) is 18.6 Å². The molecule has 2 fully saturated rings. The van der Waals surface area contributed by atoms with Crippen molar-refractivity contribution in [1.82, 2.24) is 4.90 Å². The summed E-state index contributed by atoms with van der Waals surface area (Å²) >= 11 is 0. The highest BCUT2D eigenvalue weighted by molar-refractivity contribution is 5.77. The molecule has 0 aliphatic carbocycles. The lowest BCUT2D eigenvalue weighted by Crippen LogP contribution is -2.46. The smallest absolute Gasteiger partial charge is 0.407 e. The molecule has 0 bridgehead atoms. The number of carboxylic acid groups (broad SMARTS) is 1. The third kappa shape index (κ3) is 2.75. The summed E-state index contributed by atoms with van der Waals surface area (Å²) in [5.41, 5.74) is -0.561. The van der Waals surface area contributed by atoms with Crippen molar-refractivity contribution < 1.29 is 24.2 Å². The van der Waals surface area contributed by atoms with Gasteiger partial charge in [-0.15, -0.1) is 0 Å². The first kappa shape index (κ1) is 13.1. The molecular weight excluding hydrogens is 238 g/mol. The fourth-order valence-corrected chi connectivity index (χ4v) is 2.30. The molecule has 2 rings (SSSR count). The Bertz CT molecular complexity index is 329. The first-order chi connectivity index (χ1) is 8.51. The molecule has 2 heterocycles. The van der Waals surface area contributed by atoms with E-state index in [9.17, 15) is 9.59 Å². The first-order valence-corrected chi connectivity index (χ1v) is 6.28. The molecule has 2 saturated heterocycles. The largest absolute Gasteiger partial charge is 0.465 e. The number of hydrogen-bond donors (Lipinski definition) is 1. The average molecular weight is 257 g/mol. The number of ether oxygens (including phenoxy) is 2. The maximum atomic E-state index is 12.1. The van der Waals surface area contributed by atoms with Gasteiger partial charge in [0.15, 0.2) is 0 Å². The van der Waals surface area contributed by atoms with E-state index in [1.807, 2.05) is 6.92 Å². The molecule has 6 nitrogen and oxygen atoms in total. The molecule has 0 aromatic rings. The average Bonchev–Trinajstić information content (AvgIpc) is 2.82. The summed E-state index contributed by atoms with van der Waals surface area (Å²) in [5, 5.41) is 8.87. The van der Waals surface area contributed by atoms with E-state index in [0.717, 1.165) is 6.42 Å². The van der Waals surface area contributed by atoms with Crippen LogP contribution in [0.25, 0.3) is 0 Å². The zero-order valence-corrected chi connectivity index (χ0v) is 10.6. The van der Waals surface area contributed by atoms with Crippen LogP contribution in [0.15, 0.2) is 0 Å². The van der Waals surface area contributed by atoms with Crippen LogP contribution in [0.1, 0.15) is 26.2 Å². The number of likely N-dealkylation sites (tertiary alicyclic amines) is 1. The zero-order valence-electron chi connectivity index (χ0n) is 10.6. The quantitative estimate of drug-likeness (QED) is 0.750. The predicted molar refractivity (Wildman–Crippen MR) is 62.3 cm³/mol. The fraction of sp³-hybridized carbons (Fsp3) is 0.833. The standard InChI is InChI=1S/C12H19NO5/c1-12(3-5-13(6-4-12)11(15)16)10(14)18-9-2-7-17-8-9/h9H,2-8H2,1H3,(H,15,16)/t9-/m0/s1. The summed E-state index contributed by atoms with van der Waals surface area (Å²) in [6.45, 7) is 3.75. The zero-order chi connectivity index (χ0) is 13.2. The van der Waals surface area contributed by atoms with Crippen LogP contribution in [0, 0.1) is 5.41 Å². The minimum Gasteiger partial charge on any atom is -0.465 e. The van der Waals surface area contributed by atoms with Crippen LogP contribution in [0.4, 0.5) is 4.79 Å². The van der Waals surface area contributed by atoms with Crippen LogP contribution in [0.2, 0.25) is 0 Å². The molecule has 6 heteroatoms. The summed E-state index contributed by atoms with van der Waals surface area (Å²) in [6.07, 6.45) is 0.738. The molecule has 0 radical (unpaired) electrons. The van der Waals surface area contributed by atoms with Gasteiger partial charge < -0.3 is 19.5 Å². The van der Waals surface area contributed by atoms with Crippen LogP contribution < -0.4 is 0 Å². The summed E-state index contributed by atoms with van der Waals surface area (Å²) in [7, 11) is 0. The van der Waals surface area contributed by atoms with Crippen LogP contribution in [-0.2, 0) is 14.3 Å². The highest BCUT2D eigenvalue weighted by Crippen LogP contribution is 2.33. The van der Waals surface area contributed by atoms with E-state index in [-0.39, 0.29) is 12.1 Å². The Morgan fingerprint density at radius 1 is 1.39 bits per heavy atom. The normalized spacial score (nSPS) is 26.9. The second-order valence-corrected chi connectivity index (χ2v) is 5.22. The predicted octanol–water partition coefficient (Wildman–Crippen LogP) is 1.10. The monoisotopic (exact) mass is 257 g/mol. The van der Waals surface area contributed by atoms with Gasteiger partial charge in [-0.1, -0.05) is 0 Å². The van der Waals surface area contributed by atoms with Gasteiger partial charge in [0, 0.05) is 19.5 Å². The van der Waals surface area contributed by atoms with Crippen molar-refractivity contribution in [2.24, 2.45) is 5.41 Å². The maximum Gasteiger partial charge on any atom is 0.407 e. The van der Waals surface area contributed by atoms with Gasteiger partial charge in [0.25, 0.3) is 0 Å². The number of esters is 1. The molecule has 2 aliphatic rings. The molecule has 18 heavy (non-hydrogen) atoms. The van der Waals surface area contributed by atoms with Crippen molar-refractivity contribution in [3.63, 3.8) is 0 Å². The highest BCUT2D eigenvalue weighted by atomic mass is 16.6. The molecule has 0 aromatic carbocycles. The van der Waals surface area contributed by atoms with Crippen LogP contribution >= 0.6 is 0 Å². The van der Waals surface area contributed by atoms with Crippen LogP contribution in [0.5, 0.6) is 0 Å². The Kier molecular flexibility index (Phi) is 3.75. The number of piperidine rings is 1. The molecule has 1 amide bonds. The SMILES string of the molecule is CC1(C(=O)O[C@H]2CCOC2)CCN(C(=O)O)CC1. The van der Waals surface area contributed by atoms with Gasteiger partial charge in [-0.05, 0) is 19.8 Å². The van der Waals surface area contributed by atoms with Crippen molar-refractivity contribution in [3.8, 4) is 0 Å². The third-order valence-electron chi connectivity index (χ3n) is 3.79. The van der Waals surface area contributed by atoms with Crippen molar-refractivity contribution in [2.75, 3.05) is 26.3 Å². The first-order valence-electron chi connectivity index (χ1n) is 6.28. The van der Waals surface area contributed by atoms with Crippen molar-refractivity contribution in [2.45, 2.75) is 32.3 Å². The second-order valence-electron chi connectivity index (χ2n) is 5.22. The van der Waals surface area contributed by atoms with E-state index in [2.05, 4.69) is 0 Å². The molecular formula is C12H19NO5. The van der Waals surface area contributed by atoms with E-state index in [1.165, 1.54) is 4.90 Å². The number of hydrogen-bond acceptors (Lipinski definition) is 4. The van der Waals surface area contributed by atoms with Gasteiger partial charge >= 0.3 is 12.1 Å². The Morgan fingerprint density at radius 2 is 2.06 bits per heavy atom. The fourth-order valence-electron chi connectivity index (χ4n) is 2.30. The molecule has 0 spiro atoms. The summed E-state index contributed by atoms with van der Waals surface area (Å²) in [4.78, 5) is 24.3. The Morgan fingerprint density at radius 3 is 2.56 bits per heavy atom. The van der Waals surface area contributed by atoms with Crippen molar-refractivity contribution in [1.29, 1.82) is 0 Å². The number of rotatable bonds is 2. The lowest BCUT2D eigenvalue weighted by molar-refractivity contribution is -0.163. The van der Waals surface area contributed by atoms with Crippen LogP contribution in [-0.4, -0.2) is 54.5 Å². The molecule has 0 aromatic heterocycles. The van der Waals surface area contributed by atoms with Crippen molar-refractivity contribution in [3.05, 3.63) is 0 Å². The molecule has 2 aliphatic heterocycles. The summed E-state index contributed by atoms with van der Waals surface area (Å²) < 4.78 is 10.6. The number of carbonyl (C=O) groups is 2. The Labute approximate surface area is 106 Å².